The maximum atomic E-state index is 14.1. The van der Waals surface area contributed by atoms with E-state index in [0.29, 0.717) is 18.9 Å². The number of anilines is 1. The molecule has 2 amide bonds. The summed E-state index contributed by atoms with van der Waals surface area (Å²) in [6.45, 7) is 6.18. The largest absolute Gasteiger partial charge is 0.492 e. The molecule has 9 heteroatoms. The topological polar surface area (TPSA) is 96.0 Å². The van der Waals surface area contributed by atoms with Gasteiger partial charge in [0.1, 0.15) is 18.3 Å². The van der Waals surface area contributed by atoms with Crippen LogP contribution in [-0.4, -0.2) is 57.1 Å². The van der Waals surface area contributed by atoms with Gasteiger partial charge in [0, 0.05) is 19.5 Å². The summed E-state index contributed by atoms with van der Waals surface area (Å²) in [5.74, 6) is -0.423. The second-order valence-electron chi connectivity index (χ2n) is 9.68. The first kappa shape index (κ1) is 30.7. The number of sulfonamides is 1. The van der Waals surface area contributed by atoms with Crippen LogP contribution in [-0.2, 0) is 32.6 Å². The van der Waals surface area contributed by atoms with Gasteiger partial charge in [0.25, 0.3) is 0 Å². The lowest BCUT2D eigenvalue weighted by atomic mass is 10.0. The summed E-state index contributed by atoms with van der Waals surface area (Å²) in [4.78, 5) is 29.2. The van der Waals surface area contributed by atoms with Gasteiger partial charge in [0.15, 0.2) is 0 Å². The number of aryl methyl sites for hydroxylation is 1. The maximum absolute atomic E-state index is 14.1. The highest BCUT2D eigenvalue weighted by Gasteiger charge is 2.33. The summed E-state index contributed by atoms with van der Waals surface area (Å²) in [5.41, 5.74) is 3.02. The maximum Gasteiger partial charge on any atom is 0.244 e. The van der Waals surface area contributed by atoms with Crippen molar-refractivity contribution in [2.75, 3.05) is 30.3 Å². The predicted octanol–water partition coefficient (Wildman–Crippen LogP) is 4.33. The number of nitrogens with zero attached hydrogens (tertiary/aromatic N) is 2. The Hall–Kier alpha value is -3.85. The van der Waals surface area contributed by atoms with Crippen molar-refractivity contribution < 1.29 is 22.7 Å². The molecule has 0 unspecified atom stereocenters. The van der Waals surface area contributed by atoms with Crippen molar-refractivity contribution in [3.63, 3.8) is 0 Å². The molecule has 214 valence electrons. The molecule has 40 heavy (non-hydrogen) atoms. The third-order valence-corrected chi connectivity index (χ3v) is 7.50. The Labute approximate surface area is 238 Å². The molecule has 3 aromatic carbocycles. The van der Waals surface area contributed by atoms with Gasteiger partial charge < -0.3 is 15.0 Å². The minimum Gasteiger partial charge on any atom is -0.492 e. The molecule has 0 aliphatic rings. The highest BCUT2D eigenvalue weighted by atomic mass is 32.2. The van der Waals surface area contributed by atoms with Crippen LogP contribution in [0.25, 0.3) is 0 Å². The van der Waals surface area contributed by atoms with Crippen LogP contribution in [0.4, 0.5) is 5.69 Å². The average Bonchev–Trinajstić information content (AvgIpc) is 2.93. The van der Waals surface area contributed by atoms with Crippen LogP contribution in [0.1, 0.15) is 37.0 Å². The molecule has 0 spiro atoms. The molecule has 8 nitrogen and oxygen atoms in total. The molecule has 0 aromatic heterocycles. The van der Waals surface area contributed by atoms with Crippen molar-refractivity contribution in [1.82, 2.24) is 10.2 Å². The second-order valence-corrected chi connectivity index (χ2v) is 11.6. The van der Waals surface area contributed by atoms with Crippen molar-refractivity contribution in [2.24, 2.45) is 0 Å². The fraction of sp³-hybridized carbons (Fsp3) is 0.355. The first-order valence-corrected chi connectivity index (χ1v) is 15.3. The van der Waals surface area contributed by atoms with E-state index in [9.17, 15) is 18.0 Å². The van der Waals surface area contributed by atoms with E-state index in [1.54, 1.807) is 31.2 Å². The standard InChI is InChI=1S/C31H39N3O5S/c1-5-19-32-31(36)28(21-25-14-8-7-9-15-25)33(22-26-16-12-13-24(3)20-26)30(35)23-34(40(4,37)38)27-17-10-11-18-29(27)39-6-2/h7-18,20,28H,5-6,19,21-23H2,1-4H3,(H,32,36)/t28-/m0/s1. The molecule has 3 rings (SSSR count). The quantitative estimate of drug-likeness (QED) is 0.314. The normalized spacial score (nSPS) is 11.9. The third-order valence-electron chi connectivity index (χ3n) is 6.37. The van der Waals surface area contributed by atoms with Gasteiger partial charge in [0.2, 0.25) is 21.8 Å². The van der Waals surface area contributed by atoms with Crippen LogP contribution in [0.5, 0.6) is 5.75 Å². The van der Waals surface area contributed by atoms with Crippen LogP contribution in [0.2, 0.25) is 0 Å². The summed E-state index contributed by atoms with van der Waals surface area (Å²) in [7, 11) is -3.88. The van der Waals surface area contributed by atoms with E-state index in [4.69, 9.17) is 4.74 Å². The van der Waals surface area contributed by atoms with Crippen LogP contribution in [0.15, 0.2) is 78.9 Å². The van der Waals surface area contributed by atoms with Gasteiger partial charge in [0.05, 0.1) is 18.6 Å². The van der Waals surface area contributed by atoms with E-state index < -0.39 is 28.5 Å². The fourth-order valence-electron chi connectivity index (χ4n) is 4.46. The van der Waals surface area contributed by atoms with Gasteiger partial charge in [-0.1, -0.05) is 79.2 Å². The number of hydrogen-bond donors (Lipinski definition) is 1. The zero-order valence-electron chi connectivity index (χ0n) is 23.7. The zero-order valence-corrected chi connectivity index (χ0v) is 24.5. The zero-order chi connectivity index (χ0) is 29.1. The molecule has 0 saturated heterocycles. The number of para-hydroxylation sites is 2. The summed E-state index contributed by atoms with van der Waals surface area (Å²) in [6.07, 6.45) is 2.08. The lowest BCUT2D eigenvalue weighted by molar-refractivity contribution is -0.140. The summed E-state index contributed by atoms with van der Waals surface area (Å²) >= 11 is 0. The number of amides is 2. The van der Waals surface area contributed by atoms with Crippen molar-refractivity contribution in [2.45, 2.75) is 46.2 Å². The molecular formula is C31H39N3O5S. The Balaban J connectivity index is 2.07. The number of benzene rings is 3. The Bertz CT molecular complexity index is 1380. The number of carbonyl (C=O) groups excluding carboxylic acids is 2. The Kier molecular flexibility index (Phi) is 11.1. The lowest BCUT2D eigenvalue weighted by Crippen LogP contribution is -2.53. The van der Waals surface area contributed by atoms with Gasteiger partial charge in [-0.05, 0) is 43.5 Å². The van der Waals surface area contributed by atoms with E-state index in [-0.39, 0.29) is 24.6 Å². The Morgan fingerprint density at radius 2 is 1.60 bits per heavy atom. The SMILES string of the molecule is CCCNC(=O)[C@H](Cc1ccccc1)N(Cc1cccc(C)c1)C(=O)CN(c1ccccc1OCC)S(C)(=O)=O. The van der Waals surface area contributed by atoms with E-state index >= 15 is 0 Å². The summed E-state index contributed by atoms with van der Waals surface area (Å²) < 4.78 is 32.7. The van der Waals surface area contributed by atoms with Crippen molar-refractivity contribution in [1.29, 1.82) is 0 Å². The van der Waals surface area contributed by atoms with Gasteiger partial charge >= 0.3 is 0 Å². The molecule has 0 bridgehead atoms. The van der Waals surface area contributed by atoms with Gasteiger partial charge in [-0.2, -0.15) is 0 Å². The monoisotopic (exact) mass is 565 g/mol. The minimum atomic E-state index is -3.88. The number of hydrogen-bond acceptors (Lipinski definition) is 5. The molecule has 0 fully saturated rings. The van der Waals surface area contributed by atoms with Crippen molar-refractivity contribution in [3.8, 4) is 5.75 Å². The highest BCUT2D eigenvalue weighted by Crippen LogP contribution is 2.30. The lowest BCUT2D eigenvalue weighted by Gasteiger charge is -2.33. The highest BCUT2D eigenvalue weighted by molar-refractivity contribution is 7.92. The second kappa shape index (κ2) is 14.5. The van der Waals surface area contributed by atoms with Crippen molar-refractivity contribution >= 4 is 27.5 Å². The minimum absolute atomic E-state index is 0.141. The number of carbonyl (C=O) groups is 2. The van der Waals surface area contributed by atoms with Gasteiger partial charge in [-0.3, -0.25) is 13.9 Å². The first-order chi connectivity index (χ1) is 19.1. The number of nitrogens with one attached hydrogen (secondary N) is 1. The fourth-order valence-corrected chi connectivity index (χ4v) is 5.32. The van der Waals surface area contributed by atoms with E-state index in [1.165, 1.54) is 4.90 Å². The van der Waals surface area contributed by atoms with Crippen LogP contribution in [0, 0.1) is 6.92 Å². The molecule has 0 heterocycles. The summed E-state index contributed by atoms with van der Waals surface area (Å²) in [5, 5.41) is 2.94. The molecule has 0 radical (unpaired) electrons. The molecule has 1 atom stereocenters. The molecule has 0 saturated carbocycles. The van der Waals surface area contributed by atoms with Crippen molar-refractivity contribution in [3.05, 3.63) is 95.6 Å². The number of rotatable bonds is 14. The van der Waals surface area contributed by atoms with Gasteiger partial charge in [-0.15, -0.1) is 0 Å². The van der Waals surface area contributed by atoms with E-state index in [2.05, 4.69) is 5.32 Å². The van der Waals surface area contributed by atoms with Crippen LogP contribution < -0.4 is 14.4 Å². The molecule has 0 aliphatic carbocycles. The van der Waals surface area contributed by atoms with Gasteiger partial charge in [-0.25, -0.2) is 8.42 Å². The Morgan fingerprint density at radius 1 is 0.925 bits per heavy atom. The Morgan fingerprint density at radius 3 is 2.25 bits per heavy atom. The van der Waals surface area contributed by atoms with Crippen LogP contribution in [0.3, 0.4) is 0 Å². The average molecular weight is 566 g/mol. The first-order valence-electron chi connectivity index (χ1n) is 13.5. The van der Waals surface area contributed by atoms with E-state index in [0.717, 1.165) is 33.7 Å². The summed E-state index contributed by atoms with van der Waals surface area (Å²) in [6, 6.07) is 23.1. The number of ether oxygens (including phenoxy) is 1. The molecule has 1 N–H and O–H groups in total. The smallest absolute Gasteiger partial charge is 0.244 e. The van der Waals surface area contributed by atoms with E-state index in [1.807, 2.05) is 68.4 Å². The third kappa shape index (κ3) is 8.58. The van der Waals surface area contributed by atoms with Crippen LogP contribution >= 0.6 is 0 Å². The molecule has 0 aliphatic heterocycles. The predicted molar refractivity (Wildman–Crippen MR) is 159 cm³/mol. The molecule has 3 aromatic rings. The molecular weight excluding hydrogens is 526 g/mol.